The number of nitrogens with one attached hydrogen (secondary N) is 1. The number of methoxy groups -OCH3 is 1. The lowest BCUT2D eigenvalue weighted by Gasteiger charge is -2.35. The van der Waals surface area contributed by atoms with Gasteiger partial charge in [0.25, 0.3) is 0 Å². The van der Waals surface area contributed by atoms with E-state index in [1.807, 2.05) is 11.7 Å². The molecule has 4 nitrogen and oxygen atoms in total. The zero-order valence-electron chi connectivity index (χ0n) is 11.1. The van der Waals surface area contributed by atoms with E-state index in [0.29, 0.717) is 6.04 Å². The van der Waals surface area contributed by atoms with Gasteiger partial charge in [-0.15, -0.1) is 11.3 Å². The van der Waals surface area contributed by atoms with Crippen molar-refractivity contribution < 1.29 is 4.74 Å². The van der Waals surface area contributed by atoms with E-state index in [9.17, 15) is 0 Å². The zero-order chi connectivity index (χ0) is 12.6. The highest BCUT2D eigenvalue weighted by atomic mass is 32.1. The maximum atomic E-state index is 5.06. The van der Waals surface area contributed by atoms with E-state index in [2.05, 4.69) is 15.2 Å². The number of hydrogen-bond acceptors (Lipinski definition) is 5. The molecular weight excluding hydrogens is 246 g/mol. The molecule has 1 aromatic heterocycles. The molecule has 5 heteroatoms. The molecule has 1 fully saturated rings. The molecular formula is C13H23N3OS. The number of likely N-dealkylation sites (tertiary alicyclic amines) is 1. The third-order valence-corrected chi connectivity index (χ3v) is 4.22. The van der Waals surface area contributed by atoms with Gasteiger partial charge in [0.05, 0.1) is 12.1 Å². The first kappa shape index (κ1) is 13.9. The van der Waals surface area contributed by atoms with E-state index in [-0.39, 0.29) is 0 Å². The Kier molecular flexibility index (Phi) is 6.07. The fourth-order valence-corrected chi connectivity index (χ4v) is 3.08. The van der Waals surface area contributed by atoms with E-state index in [1.165, 1.54) is 30.7 Å². The van der Waals surface area contributed by atoms with Crippen LogP contribution in [0.3, 0.4) is 0 Å². The van der Waals surface area contributed by atoms with Crippen LogP contribution in [0, 0.1) is 0 Å². The molecule has 1 aromatic rings. The Hall–Kier alpha value is -0.490. The normalized spacial score (nSPS) is 21.3. The van der Waals surface area contributed by atoms with Gasteiger partial charge >= 0.3 is 0 Å². The zero-order valence-corrected chi connectivity index (χ0v) is 11.9. The van der Waals surface area contributed by atoms with Crippen LogP contribution in [0.25, 0.3) is 0 Å². The summed E-state index contributed by atoms with van der Waals surface area (Å²) in [5, 5.41) is 3.49. The monoisotopic (exact) mass is 269 g/mol. The van der Waals surface area contributed by atoms with Crippen LogP contribution in [0.15, 0.2) is 11.7 Å². The quantitative estimate of drug-likeness (QED) is 0.765. The van der Waals surface area contributed by atoms with Crippen molar-refractivity contribution in [3.8, 4) is 0 Å². The van der Waals surface area contributed by atoms with Gasteiger partial charge in [-0.1, -0.05) is 6.42 Å². The van der Waals surface area contributed by atoms with E-state index in [0.717, 1.165) is 26.2 Å². The van der Waals surface area contributed by atoms with Crippen LogP contribution < -0.4 is 5.32 Å². The van der Waals surface area contributed by atoms with Gasteiger partial charge in [-0.3, -0.25) is 9.88 Å². The van der Waals surface area contributed by atoms with Gasteiger partial charge in [0, 0.05) is 43.9 Å². The lowest BCUT2D eigenvalue weighted by Crippen LogP contribution is -2.45. The van der Waals surface area contributed by atoms with Crippen molar-refractivity contribution in [2.75, 3.05) is 33.4 Å². The van der Waals surface area contributed by atoms with Crippen molar-refractivity contribution >= 4 is 11.3 Å². The van der Waals surface area contributed by atoms with Crippen LogP contribution in [0.4, 0.5) is 0 Å². The maximum Gasteiger partial charge on any atom is 0.0794 e. The molecule has 1 saturated heterocycles. The van der Waals surface area contributed by atoms with Crippen LogP contribution in [0.5, 0.6) is 0 Å². The molecule has 0 bridgehead atoms. The van der Waals surface area contributed by atoms with Crippen LogP contribution in [-0.4, -0.2) is 49.3 Å². The Morgan fingerprint density at radius 2 is 2.50 bits per heavy atom. The van der Waals surface area contributed by atoms with Gasteiger partial charge in [-0.05, 0) is 19.4 Å². The molecule has 18 heavy (non-hydrogen) atoms. The molecule has 0 saturated carbocycles. The third kappa shape index (κ3) is 4.31. The highest BCUT2D eigenvalue weighted by Gasteiger charge is 2.22. The Bertz CT molecular complexity index is 318. The summed E-state index contributed by atoms with van der Waals surface area (Å²) in [5.74, 6) is 0. The number of hydrogen-bond donors (Lipinski definition) is 1. The molecule has 1 N–H and O–H groups in total. The summed E-state index contributed by atoms with van der Waals surface area (Å²) < 4.78 is 5.06. The van der Waals surface area contributed by atoms with Crippen LogP contribution in [0.1, 0.15) is 24.1 Å². The van der Waals surface area contributed by atoms with Gasteiger partial charge in [0.2, 0.25) is 0 Å². The maximum absolute atomic E-state index is 5.06. The lowest BCUT2D eigenvalue weighted by molar-refractivity contribution is 0.134. The Morgan fingerprint density at radius 1 is 1.56 bits per heavy atom. The summed E-state index contributed by atoms with van der Waals surface area (Å²) in [6, 6.07) is 0.665. The molecule has 1 atom stereocenters. The number of thiazole rings is 1. The molecule has 0 amide bonds. The first-order valence-electron chi connectivity index (χ1n) is 6.71. The van der Waals surface area contributed by atoms with Crippen molar-refractivity contribution in [3.05, 3.63) is 16.6 Å². The van der Waals surface area contributed by atoms with Gasteiger partial charge in [-0.25, -0.2) is 0 Å². The fraction of sp³-hybridized carbons (Fsp3) is 0.769. The second-order valence-electron chi connectivity index (χ2n) is 4.78. The average molecular weight is 269 g/mol. The summed E-state index contributed by atoms with van der Waals surface area (Å²) in [7, 11) is 1.75. The number of aromatic nitrogens is 1. The topological polar surface area (TPSA) is 37.4 Å². The second-order valence-corrected chi connectivity index (χ2v) is 5.76. The van der Waals surface area contributed by atoms with E-state index in [1.54, 1.807) is 18.4 Å². The molecule has 0 radical (unpaired) electrons. The van der Waals surface area contributed by atoms with Crippen molar-refractivity contribution in [1.29, 1.82) is 0 Å². The third-order valence-electron chi connectivity index (χ3n) is 3.45. The number of ether oxygens (including phenoxy) is 1. The van der Waals surface area contributed by atoms with E-state index in [4.69, 9.17) is 4.74 Å². The molecule has 0 aromatic carbocycles. The number of rotatable bonds is 7. The molecule has 1 unspecified atom stereocenters. The summed E-state index contributed by atoms with van der Waals surface area (Å²) >= 11 is 1.76. The molecule has 102 valence electrons. The molecule has 1 aliphatic heterocycles. The predicted octanol–water partition coefficient (Wildman–Crippen LogP) is 1.73. The van der Waals surface area contributed by atoms with Crippen LogP contribution in [0.2, 0.25) is 0 Å². The smallest absolute Gasteiger partial charge is 0.0794 e. The van der Waals surface area contributed by atoms with E-state index < -0.39 is 0 Å². The Morgan fingerprint density at radius 3 is 3.28 bits per heavy atom. The van der Waals surface area contributed by atoms with Crippen LogP contribution >= 0.6 is 11.3 Å². The summed E-state index contributed by atoms with van der Waals surface area (Å²) in [6.07, 6.45) is 5.98. The van der Waals surface area contributed by atoms with Gasteiger partial charge in [0.1, 0.15) is 0 Å². The van der Waals surface area contributed by atoms with Crippen LogP contribution in [-0.2, 0) is 11.3 Å². The predicted molar refractivity (Wildman–Crippen MR) is 74.9 cm³/mol. The highest BCUT2D eigenvalue weighted by molar-refractivity contribution is 7.09. The second kappa shape index (κ2) is 7.84. The van der Waals surface area contributed by atoms with Gasteiger partial charge in [0.15, 0.2) is 0 Å². The summed E-state index contributed by atoms with van der Waals surface area (Å²) in [4.78, 5) is 8.13. The molecule has 1 aliphatic rings. The Balaban J connectivity index is 1.78. The minimum Gasteiger partial charge on any atom is -0.383 e. The first-order valence-corrected chi connectivity index (χ1v) is 7.59. The molecule has 0 aliphatic carbocycles. The SMILES string of the molecule is COCCNCC1CCCCN1Cc1cncs1. The fourth-order valence-electron chi connectivity index (χ4n) is 2.46. The minimum absolute atomic E-state index is 0.665. The minimum atomic E-state index is 0.665. The average Bonchev–Trinajstić information content (AvgIpc) is 2.89. The van der Waals surface area contributed by atoms with Gasteiger partial charge < -0.3 is 10.1 Å². The van der Waals surface area contributed by atoms with Gasteiger partial charge in [-0.2, -0.15) is 0 Å². The van der Waals surface area contributed by atoms with Crippen molar-refractivity contribution in [2.45, 2.75) is 31.8 Å². The summed E-state index contributed by atoms with van der Waals surface area (Å²) in [5.41, 5.74) is 1.92. The summed E-state index contributed by atoms with van der Waals surface area (Å²) in [6.45, 7) is 5.08. The number of piperidine rings is 1. The molecule has 0 spiro atoms. The standard InChI is InChI=1S/C13H23N3OS/c1-17-7-5-14-8-12-4-2-3-6-16(12)10-13-9-15-11-18-13/h9,11-12,14H,2-8,10H2,1H3. The van der Waals surface area contributed by atoms with E-state index >= 15 is 0 Å². The lowest BCUT2D eigenvalue weighted by atomic mass is 10.0. The largest absolute Gasteiger partial charge is 0.383 e. The number of nitrogens with zero attached hydrogens (tertiary/aromatic N) is 2. The van der Waals surface area contributed by atoms with Crippen molar-refractivity contribution in [1.82, 2.24) is 15.2 Å². The highest BCUT2D eigenvalue weighted by Crippen LogP contribution is 2.20. The first-order chi connectivity index (χ1) is 8.90. The van der Waals surface area contributed by atoms with Crippen molar-refractivity contribution in [2.24, 2.45) is 0 Å². The molecule has 2 heterocycles. The molecule has 2 rings (SSSR count). The van der Waals surface area contributed by atoms with Crippen molar-refractivity contribution in [3.63, 3.8) is 0 Å². The Labute approximate surface area is 113 Å².